The van der Waals surface area contributed by atoms with Crippen LogP contribution in [0.2, 0.25) is 0 Å². The number of carbonyl (C=O) groups excluding carboxylic acids is 3. The topological polar surface area (TPSA) is 95.2 Å². The van der Waals surface area contributed by atoms with Crippen LogP contribution in [-0.4, -0.2) is 39.4 Å². The molecule has 3 amide bonds. The van der Waals surface area contributed by atoms with Crippen molar-refractivity contribution in [3.63, 3.8) is 0 Å². The molecule has 1 aromatic heterocycles. The van der Waals surface area contributed by atoms with E-state index in [0.717, 1.165) is 21.7 Å². The van der Waals surface area contributed by atoms with Crippen LogP contribution in [0.1, 0.15) is 44.0 Å². The van der Waals surface area contributed by atoms with Gasteiger partial charge in [-0.15, -0.1) is 0 Å². The van der Waals surface area contributed by atoms with Crippen molar-refractivity contribution in [3.05, 3.63) is 46.1 Å². The number of aryl methyl sites for hydroxylation is 2. The van der Waals surface area contributed by atoms with Gasteiger partial charge in [0.1, 0.15) is 0 Å². The Bertz CT molecular complexity index is 854. The van der Waals surface area contributed by atoms with Gasteiger partial charge in [-0.3, -0.25) is 24.4 Å². The van der Waals surface area contributed by atoms with Crippen molar-refractivity contribution in [3.8, 4) is 0 Å². The normalized spacial score (nSPS) is 13.4. The van der Waals surface area contributed by atoms with Crippen molar-refractivity contribution in [1.82, 2.24) is 15.1 Å². The predicted octanol–water partition coefficient (Wildman–Crippen LogP) is 1.96. The molecule has 2 heterocycles. The Morgan fingerprint density at radius 2 is 1.88 bits per heavy atom. The fourth-order valence-electron chi connectivity index (χ4n) is 2.62. The average molecular weight is 326 g/mol. The second kappa shape index (κ2) is 5.92. The highest BCUT2D eigenvalue weighted by Crippen LogP contribution is 2.24. The SMILES string of the molecule is Cc1ccc2c(c1)C(=O)N(CCC(=O)Nc1n[nH]c(C)c1C)C2=O. The first kappa shape index (κ1) is 15.9. The van der Waals surface area contributed by atoms with E-state index in [4.69, 9.17) is 0 Å². The highest BCUT2D eigenvalue weighted by molar-refractivity contribution is 6.21. The predicted molar refractivity (Wildman–Crippen MR) is 87.9 cm³/mol. The zero-order valence-corrected chi connectivity index (χ0v) is 13.8. The maximum Gasteiger partial charge on any atom is 0.261 e. The van der Waals surface area contributed by atoms with Crippen LogP contribution in [0.4, 0.5) is 5.82 Å². The molecule has 0 unspecified atom stereocenters. The van der Waals surface area contributed by atoms with E-state index in [-0.39, 0.29) is 30.7 Å². The third kappa shape index (κ3) is 2.68. The number of amides is 3. The summed E-state index contributed by atoms with van der Waals surface area (Å²) in [5, 5.41) is 9.47. The number of nitrogens with zero attached hydrogens (tertiary/aromatic N) is 2. The van der Waals surface area contributed by atoms with E-state index in [0.29, 0.717) is 16.9 Å². The Kier molecular flexibility index (Phi) is 3.92. The van der Waals surface area contributed by atoms with Gasteiger partial charge in [0.2, 0.25) is 5.91 Å². The van der Waals surface area contributed by atoms with Crippen LogP contribution in [0.15, 0.2) is 18.2 Å². The van der Waals surface area contributed by atoms with Crippen molar-refractivity contribution in [2.24, 2.45) is 0 Å². The number of hydrogen-bond donors (Lipinski definition) is 2. The summed E-state index contributed by atoms with van der Waals surface area (Å²) >= 11 is 0. The van der Waals surface area contributed by atoms with Gasteiger partial charge in [0, 0.05) is 24.2 Å². The molecule has 0 aliphatic carbocycles. The van der Waals surface area contributed by atoms with Crippen molar-refractivity contribution < 1.29 is 14.4 Å². The highest BCUT2D eigenvalue weighted by atomic mass is 16.2. The lowest BCUT2D eigenvalue weighted by molar-refractivity contribution is -0.116. The number of fused-ring (bicyclic) bond motifs is 1. The molecule has 2 N–H and O–H groups in total. The Balaban J connectivity index is 1.65. The maximum atomic E-state index is 12.3. The van der Waals surface area contributed by atoms with E-state index in [1.165, 1.54) is 0 Å². The molecule has 0 radical (unpaired) electrons. The first-order chi connectivity index (χ1) is 11.4. The van der Waals surface area contributed by atoms with Crippen LogP contribution in [0.5, 0.6) is 0 Å². The fraction of sp³-hybridized carbons (Fsp3) is 0.294. The van der Waals surface area contributed by atoms with Gasteiger partial charge < -0.3 is 5.32 Å². The molecule has 1 aromatic carbocycles. The quantitative estimate of drug-likeness (QED) is 0.840. The van der Waals surface area contributed by atoms with E-state index in [1.807, 2.05) is 20.8 Å². The average Bonchev–Trinajstić information content (AvgIpc) is 2.97. The number of rotatable bonds is 4. The molecule has 1 aliphatic heterocycles. The lowest BCUT2D eigenvalue weighted by atomic mass is 10.1. The molecule has 24 heavy (non-hydrogen) atoms. The fourth-order valence-corrected chi connectivity index (χ4v) is 2.62. The molecule has 3 rings (SSSR count). The van der Waals surface area contributed by atoms with Gasteiger partial charge in [-0.25, -0.2) is 0 Å². The number of imide groups is 1. The monoisotopic (exact) mass is 326 g/mol. The third-order valence-corrected chi connectivity index (χ3v) is 4.20. The number of aromatic amines is 1. The van der Waals surface area contributed by atoms with E-state index >= 15 is 0 Å². The van der Waals surface area contributed by atoms with Gasteiger partial charge >= 0.3 is 0 Å². The summed E-state index contributed by atoms with van der Waals surface area (Å²) in [6.45, 7) is 5.61. The molecule has 7 nitrogen and oxygen atoms in total. The lowest BCUT2D eigenvalue weighted by Crippen LogP contribution is -2.33. The molecule has 0 fully saturated rings. The second-order valence-electron chi connectivity index (χ2n) is 5.93. The minimum absolute atomic E-state index is 0.0236. The minimum atomic E-state index is -0.352. The molecule has 0 saturated carbocycles. The molecular formula is C17H18N4O3. The van der Waals surface area contributed by atoms with E-state index in [2.05, 4.69) is 15.5 Å². The lowest BCUT2D eigenvalue weighted by Gasteiger charge is -2.13. The Labute approximate surface area is 139 Å². The summed E-state index contributed by atoms with van der Waals surface area (Å²) in [6, 6.07) is 5.15. The van der Waals surface area contributed by atoms with Crippen LogP contribution in [0.25, 0.3) is 0 Å². The van der Waals surface area contributed by atoms with E-state index in [9.17, 15) is 14.4 Å². The van der Waals surface area contributed by atoms with Gasteiger partial charge in [0.25, 0.3) is 11.8 Å². The first-order valence-corrected chi connectivity index (χ1v) is 7.66. The van der Waals surface area contributed by atoms with Gasteiger partial charge in [0.15, 0.2) is 5.82 Å². The molecule has 0 bridgehead atoms. The van der Waals surface area contributed by atoms with Gasteiger partial charge in [-0.2, -0.15) is 5.10 Å². The van der Waals surface area contributed by atoms with Crippen LogP contribution in [0.3, 0.4) is 0 Å². The molecular weight excluding hydrogens is 308 g/mol. The van der Waals surface area contributed by atoms with Crippen LogP contribution in [-0.2, 0) is 4.79 Å². The largest absolute Gasteiger partial charge is 0.309 e. The summed E-state index contributed by atoms with van der Waals surface area (Å²) < 4.78 is 0. The van der Waals surface area contributed by atoms with Gasteiger partial charge in [-0.1, -0.05) is 11.6 Å². The molecule has 7 heteroatoms. The Morgan fingerprint density at radius 3 is 2.54 bits per heavy atom. The smallest absolute Gasteiger partial charge is 0.261 e. The summed E-state index contributed by atoms with van der Waals surface area (Å²) in [7, 11) is 0. The molecule has 2 aromatic rings. The second-order valence-corrected chi connectivity index (χ2v) is 5.93. The molecule has 0 atom stereocenters. The van der Waals surface area contributed by atoms with Crippen molar-refractivity contribution in [1.29, 1.82) is 0 Å². The van der Waals surface area contributed by atoms with Gasteiger partial charge in [-0.05, 0) is 32.9 Å². The minimum Gasteiger partial charge on any atom is -0.309 e. The van der Waals surface area contributed by atoms with Crippen molar-refractivity contribution in [2.45, 2.75) is 27.2 Å². The Hall–Kier alpha value is -2.96. The van der Waals surface area contributed by atoms with Crippen LogP contribution < -0.4 is 5.32 Å². The third-order valence-electron chi connectivity index (χ3n) is 4.20. The number of anilines is 1. The number of aromatic nitrogens is 2. The summed E-state index contributed by atoms with van der Waals surface area (Å²) in [4.78, 5) is 37.8. The van der Waals surface area contributed by atoms with Crippen LogP contribution in [0, 0.1) is 20.8 Å². The number of carbonyl (C=O) groups is 3. The highest BCUT2D eigenvalue weighted by Gasteiger charge is 2.35. The van der Waals surface area contributed by atoms with Crippen molar-refractivity contribution >= 4 is 23.5 Å². The zero-order chi connectivity index (χ0) is 17.4. The summed E-state index contributed by atoms with van der Waals surface area (Å²) in [6.07, 6.45) is 0.0236. The Morgan fingerprint density at radius 1 is 1.17 bits per heavy atom. The van der Waals surface area contributed by atoms with Crippen LogP contribution >= 0.6 is 0 Å². The van der Waals surface area contributed by atoms with Gasteiger partial charge in [0.05, 0.1) is 11.1 Å². The zero-order valence-electron chi connectivity index (χ0n) is 13.8. The van der Waals surface area contributed by atoms with E-state index < -0.39 is 0 Å². The maximum absolute atomic E-state index is 12.3. The number of hydrogen-bond acceptors (Lipinski definition) is 4. The van der Waals surface area contributed by atoms with E-state index in [1.54, 1.807) is 18.2 Å². The molecule has 1 aliphatic rings. The first-order valence-electron chi connectivity index (χ1n) is 7.66. The molecule has 0 spiro atoms. The standard InChI is InChI=1S/C17H18N4O3/c1-9-4-5-12-13(8-9)17(24)21(16(12)23)7-6-14(22)18-15-10(2)11(3)19-20-15/h4-5,8H,6-7H2,1-3H3,(H2,18,19,20,22). The molecule has 0 saturated heterocycles. The summed E-state index contributed by atoms with van der Waals surface area (Å²) in [5.74, 6) is -0.527. The van der Waals surface area contributed by atoms with Crippen molar-refractivity contribution in [2.75, 3.05) is 11.9 Å². The number of benzene rings is 1. The number of H-pyrrole nitrogens is 1. The summed E-state index contributed by atoms with van der Waals surface area (Å²) in [5.41, 5.74) is 3.45. The molecule has 124 valence electrons. The number of nitrogens with one attached hydrogen (secondary N) is 2.